The molecule has 0 spiro atoms. The largest absolute Gasteiger partial charge is 0.453 e. The number of aryl methyl sites for hydroxylation is 1. The number of para-hydroxylation sites is 2. The van der Waals surface area contributed by atoms with Crippen LogP contribution in [0.1, 0.15) is 10.4 Å². The molecule has 0 bridgehead atoms. The van der Waals surface area contributed by atoms with Gasteiger partial charge in [-0.2, -0.15) is 9.78 Å². The van der Waals surface area contributed by atoms with Crippen molar-refractivity contribution in [1.82, 2.24) is 9.66 Å². The summed E-state index contributed by atoms with van der Waals surface area (Å²) in [4.78, 5) is 18.8. The predicted octanol–water partition coefficient (Wildman–Crippen LogP) is 5.06. The van der Waals surface area contributed by atoms with Gasteiger partial charge in [0, 0.05) is 5.39 Å². The second kappa shape index (κ2) is 6.58. The molecule has 0 unspecified atom stereocenters. The lowest BCUT2D eigenvalue weighted by molar-refractivity contribution is 0.616. The Hall–Kier alpha value is -3.51. The average molecular weight is 385 g/mol. The first-order valence-electron chi connectivity index (χ1n) is 8.80. The maximum absolute atomic E-state index is 13.2. The van der Waals surface area contributed by atoms with E-state index in [0.29, 0.717) is 22.5 Å². The Balaban J connectivity index is 1.78. The van der Waals surface area contributed by atoms with Crippen LogP contribution in [0.2, 0.25) is 0 Å². The van der Waals surface area contributed by atoms with Gasteiger partial charge >= 0.3 is 0 Å². The van der Waals surface area contributed by atoms with Crippen LogP contribution < -0.4 is 5.56 Å². The summed E-state index contributed by atoms with van der Waals surface area (Å²) < 4.78 is 7.28. The number of nitrogens with zero attached hydrogens (tertiary/aromatic N) is 3. The molecule has 0 radical (unpaired) electrons. The Kier molecular flexibility index (Phi) is 3.91. The van der Waals surface area contributed by atoms with Gasteiger partial charge in [0.1, 0.15) is 5.58 Å². The maximum Gasteiger partial charge on any atom is 0.282 e. The number of aromatic nitrogens is 2. The molecule has 0 saturated carbocycles. The van der Waals surface area contributed by atoms with Gasteiger partial charge in [0.2, 0.25) is 5.82 Å². The fourth-order valence-electron chi connectivity index (χ4n) is 3.11. The van der Waals surface area contributed by atoms with Crippen LogP contribution in [0.5, 0.6) is 0 Å². The van der Waals surface area contributed by atoms with E-state index in [1.165, 1.54) is 4.68 Å². The molecule has 0 N–H and O–H groups in total. The van der Waals surface area contributed by atoms with Gasteiger partial charge in [0.05, 0.1) is 22.0 Å². The van der Waals surface area contributed by atoms with Crippen molar-refractivity contribution >= 4 is 39.4 Å². The highest BCUT2D eigenvalue weighted by Gasteiger charge is 2.16. The second-order valence-corrected chi connectivity index (χ2v) is 7.38. The van der Waals surface area contributed by atoms with Crippen molar-refractivity contribution in [2.75, 3.05) is 0 Å². The van der Waals surface area contributed by atoms with Gasteiger partial charge in [0.25, 0.3) is 5.56 Å². The van der Waals surface area contributed by atoms with E-state index in [9.17, 15) is 4.79 Å². The van der Waals surface area contributed by atoms with Crippen molar-refractivity contribution in [2.24, 2.45) is 5.10 Å². The lowest BCUT2D eigenvalue weighted by Gasteiger charge is -2.07. The van der Waals surface area contributed by atoms with Gasteiger partial charge < -0.3 is 4.42 Å². The Morgan fingerprint density at radius 3 is 2.75 bits per heavy atom. The summed E-state index contributed by atoms with van der Waals surface area (Å²) >= 11 is 1.58. The van der Waals surface area contributed by atoms with Gasteiger partial charge in [0.15, 0.2) is 5.76 Å². The Morgan fingerprint density at radius 1 is 1.11 bits per heavy atom. The van der Waals surface area contributed by atoms with Crippen molar-refractivity contribution in [3.8, 4) is 11.6 Å². The normalized spacial score (nSPS) is 11.8. The Labute approximate surface area is 164 Å². The summed E-state index contributed by atoms with van der Waals surface area (Å²) in [6.07, 6.45) is 1.70. The predicted molar refractivity (Wildman–Crippen MR) is 113 cm³/mol. The second-order valence-electron chi connectivity index (χ2n) is 6.43. The topological polar surface area (TPSA) is 60.4 Å². The molecule has 6 heteroatoms. The minimum atomic E-state index is -0.230. The molecule has 0 aliphatic rings. The van der Waals surface area contributed by atoms with Crippen LogP contribution in [0, 0.1) is 6.92 Å². The number of benzene rings is 2. The van der Waals surface area contributed by atoms with Gasteiger partial charge in [-0.05, 0) is 48.2 Å². The van der Waals surface area contributed by atoms with Crippen LogP contribution in [-0.4, -0.2) is 15.9 Å². The third kappa shape index (κ3) is 2.75. The van der Waals surface area contributed by atoms with Crippen molar-refractivity contribution in [3.63, 3.8) is 0 Å². The van der Waals surface area contributed by atoms with Crippen molar-refractivity contribution < 1.29 is 4.42 Å². The standard InChI is InChI=1S/C22H15N3O2S/c1-14-10-11-28-20(14)13-23-25-21(19-12-15-6-2-5-9-18(15)27-19)24-17-8-4-3-7-16(17)22(25)26/h2-13H,1H3. The van der Waals surface area contributed by atoms with Crippen LogP contribution in [0.4, 0.5) is 0 Å². The van der Waals surface area contributed by atoms with E-state index >= 15 is 0 Å². The molecule has 0 saturated heterocycles. The lowest BCUT2D eigenvalue weighted by Crippen LogP contribution is -2.20. The first-order chi connectivity index (χ1) is 13.7. The monoisotopic (exact) mass is 385 g/mol. The van der Waals surface area contributed by atoms with Gasteiger partial charge in [-0.25, -0.2) is 4.98 Å². The molecule has 5 aromatic rings. The molecule has 3 aromatic heterocycles. The molecule has 2 aromatic carbocycles. The van der Waals surface area contributed by atoms with Crippen LogP contribution in [-0.2, 0) is 0 Å². The first kappa shape index (κ1) is 16.6. The molecular formula is C22H15N3O2S. The Morgan fingerprint density at radius 2 is 1.93 bits per heavy atom. The Bertz CT molecular complexity index is 1380. The highest BCUT2D eigenvalue weighted by molar-refractivity contribution is 7.11. The van der Waals surface area contributed by atoms with E-state index in [0.717, 1.165) is 21.4 Å². The van der Waals surface area contributed by atoms with Crippen LogP contribution >= 0.6 is 11.3 Å². The number of thiophene rings is 1. The van der Waals surface area contributed by atoms with Crippen LogP contribution in [0.25, 0.3) is 33.5 Å². The van der Waals surface area contributed by atoms with E-state index in [1.807, 2.05) is 66.9 Å². The fourth-order valence-corrected chi connectivity index (χ4v) is 3.89. The summed E-state index contributed by atoms with van der Waals surface area (Å²) in [5, 5.41) is 7.94. The number of furan rings is 1. The van der Waals surface area contributed by atoms with E-state index in [2.05, 4.69) is 10.1 Å². The number of rotatable bonds is 3. The highest BCUT2D eigenvalue weighted by Crippen LogP contribution is 2.27. The third-order valence-electron chi connectivity index (χ3n) is 4.59. The molecule has 3 heterocycles. The quantitative estimate of drug-likeness (QED) is 0.408. The minimum Gasteiger partial charge on any atom is -0.453 e. The molecular weight excluding hydrogens is 370 g/mol. The number of hydrogen-bond donors (Lipinski definition) is 0. The van der Waals surface area contributed by atoms with Crippen molar-refractivity contribution in [2.45, 2.75) is 6.92 Å². The maximum atomic E-state index is 13.2. The molecule has 5 nitrogen and oxygen atoms in total. The highest BCUT2D eigenvalue weighted by atomic mass is 32.1. The van der Waals surface area contributed by atoms with E-state index in [1.54, 1.807) is 23.6 Å². The summed E-state index contributed by atoms with van der Waals surface area (Å²) in [5.74, 6) is 0.884. The molecule has 136 valence electrons. The van der Waals surface area contributed by atoms with E-state index < -0.39 is 0 Å². The molecule has 0 atom stereocenters. The van der Waals surface area contributed by atoms with E-state index in [-0.39, 0.29) is 5.56 Å². The van der Waals surface area contributed by atoms with Crippen LogP contribution in [0.15, 0.2) is 80.4 Å². The zero-order chi connectivity index (χ0) is 19.1. The summed E-state index contributed by atoms with van der Waals surface area (Å²) in [6, 6.07) is 18.9. The van der Waals surface area contributed by atoms with Gasteiger partial charge in [-0.3, -0.25) is 4.79 Å². The van der Waals surface area contributed by atoms with Crippen molar-refractivity contribution in [3.05, 3.63) is 86.8 Å². The van der Waals surface area contributed by atoms with Crippen LogP contribution in [0.3, 0.4) is 0 Å². The summed E-state index contributed by atoms with van der Waals surface area (Å²) in [6.45, 7) is 2.01. The molecule has 0 fully saturated rings. The number of fused-ring (bicyclic) bond motifs is 2. The molecule has 0 aliphatic carbocycles. The van der Waals surface area contributed by atoms with Gasteiger partial charge in [-0.15, -0.1) is 11.3 Å². The minimum absolute atomic E-state index is 0.230. The zero-order valence-corrected chi connectivity index (χ0v) is 15.8. The molecule has 0 aliphatic heterocycles. The molecule has 28 heavy (non-hydrogen) atoms. The lowest BCUT2D eigenvalue weighted by atomic mass is 10.2. The summed E-state index contributed by atoms with van der Waals surface area (Å²) in [5.41, 5.74) is 2.23. The van der Waals surface area contributed by atoms with E-state index in [4.69, 9.17) is 4.42 Å². The van der Waals surface area contributed by atoms with Gasteiger partial charge in [-0.1, -0.05) is 30.3 Å². The first-order valence-corrected chi connectivity index (χ1v) is 9.68. The van der Waals surface area contributed by atoms with Crippen molar-refractivity contribution in [1.29, 1.82) is 0 Å². The number of hydrogen-bond acceptors (Lipinski definition) is 5. The average Bonchev–Trinajstić information content (AvgIpc) is 3.33. The summed E-state index contributed by atoms with van der Waals surface area (Å²) in [7, 11) is 0. The third-order valence-corrected chi connectivity index (χ3v) is 5.55. The smallest absolute Gasteiger partial charge is 0.282 e. The fraction of sp³-hybridized carbons (Fsp3) is 0.0455. The molecule has 5 rings (SSSR count). The zero-order valence-electron chi connectivity index (χ0n) is 15.0. The molecule has 0 amide bonds. The SMILES string of the molecule is Cc1ccsc1C=Nn1c(-c2cc3ccccc3o2)nc2ccccc2c1=O.